The van der Waals surface area contributed by atoms with Crippen molar-refractivity contribution in [2.75, 3.05) is 6.54 Å². The Bertz CT molecular complexity index is 393. The molecule has 0 spiro atoms. The minimum Gasteiger partial charge on any atom is -0.369 e. The lowest BCUT2D eigenvalue weighted by molar-refractivity contribution is -0.132. The molecule has 2 aliphatic rings. The molecule has 0 aromatic carbocycles. The highest BCUT2D eigenvalue weighted by atomic mass is 16.6. The summed E-state index contributed by atoms with van der Waals surface area (Å²) >= 11 is 0. The fourth-order valence-corrected chi connectivity index (χ4v) is 3.69. The van der Waals surface area contributed by atoms with Gasteiger partial charge < -0.3 is 15.8 Å². The average molecular weight is 296 g/mol. The molecule has 0 radical (unpaired) electrons. The number of ether oxygens (including phenoxy) is 1. The van der Waals surface area contributed by atoms with Crippen molar-refractivity contribution < 1.29 is 14.3 Å². The van der Waals surface area contributed by atoms with Crippen molar-refractivity contribution in [3.63, 3.8) is 0 Å². The van der Waals surface area contributed by atoms with Crippen LogP contribution in [-0.2, 0) is 14.3 Å². The van der Waals surface area contributed by atoms with Gasteiger partial charge in [0.25, 0.3) is 0 Å². The van der Waals surface area contributed by atoms with Crippen LogP contribution in [0.1, 0.15) is 58.8 Å². The van der Waals surface area contributed by atoms with E-state index in [4.69, 9.17) is 10.5 Å². The van der Waals surface area contributed by atoms with Crippen molar-refractivity contribution in [3.8, 4) is 0 Å². The number of carbonyl (C=O) groups is 2. The molecule has 2 amide bonds. The van der Waals surface area contributed by atoms with Crippen LogP contribution < -0.4 is 11.1 Å². The van der Waals surface area contributed by atoms with E-state index in [1.807, 2.05) is 0 Å². The second-order valence-electron chi connectivity index (χ2n) is 6.36. The van der Waals surface area contributed by atoms with E-state index in [2.05, 4.69) is 19.2 Å². The standard InChI is InChI=1S/C16H28N2O3/c1-3-16(4-2)13(21-16)9-6-10-18-15(20)12-8-5-7-11(12)14(17)19/h11-13H,3-10H2,1-2H3,(H2,17,19)(H,18,20). The molecule has 0 bridgehead atoms. The predicted octanol–water partition coefficient (Wildman–Crippen LogP) is 1.74. The van der Waals surface area contributed by atoms with Gasteiger partial charge in [-0.3, -0.25) is 9.59 Å². The predicted molar refractivity (Wildman–Crippen MR) is 80.5 cm³/mol. The third-order valence-electron chi connectivity index (χ3n) is 5.26. The zero-order chi connectivity index (χ0) is 15.5. The number of rotatable bonds is 8. The molecular formula is C16H28N2O3. The molecule has 5 heteroatoms. The minimum absolute atomic E-state index is 0.00902. The van der Waals surface area contributed by atoms with Crippen LogP contribution in [0.25, 0.3) is 0 Å². The van der Waals surface area contributed by atoms with Crippen LogP contribution in [0.15, 0.2) is 0 Å². The first-order chi connectivity index (χ1) is 10.0. The molecule has 3 N–H and O–H groups in total. The van der Waals surface area contributed by atoms with Crippen molar-refractivity contribution in [1.29, 1.82) is 0 Å². The van der Waals surface area contributed by atoms with E-state index in [1.165, 1.54) is 0 Å². The van der Waals surface area contributed by atoms with E-state index < -0.39 is 0 Å². The monoisotopic (exact) mass is 296 g/mol. The number of nitrogens with one attached hydrogen (secondary N) is 1. The first-order valence-electron chi connectivity index (χ1n) is 8.29. The van der Waals surface area contributed by atoms with Gasteiger partial charge in [0.15, 0.2) is 0 Å². The minimum atomic E-state index is -0.338. The molecule has 1 saturated carbocycles. The molecule has 1 saturated heterocycles. The average Bonchev–Trinajstić information content (AvgIpc) is 2.94. The molecule has 1 heterocycles. The summed E-state index contributed by atoms with van der Waals surface area (Å²) in [5.41, 5.74) is 5.46. The Morgan fingerprint density at radius 2 is 1.90 bits per heavy atom. The molecule has 21 heavy (non-hydrogen) atoms. The molecule has 2 fully saturated rings. The molecule has 3 atom stereocenters. The van der Waals surface area contributed by atoms with E-state index >= 15 is 0 Å². The van der Waals surface area contributed by atoms with Gasteiger partial charge in [-0.2, -0.15) is 0 Å². The number of hydrogen-bond donors (Lipinski definition) is 2. The van der Waals surface area contributed by atoms with Crippen LogP contribution >= 0.6 is 0 Å². The number of amides is 2. The lowest BCUT2D eigenvalue weighted by Crippen LogP contribution is -2.38. The van der Waals surface area contributed by atoms with Crippen LogP contribution in [0.4, 0.5) is 0 Å². The summed E-state index contributed by atoms with van der Waals surface area (Å²) in [6.45, 7) is 4.98. The largest absolute Gasteiger partial charge is 0.369 e. The van der Waals surface area contributed by atoms with Gasteiger partial charge in [0.1, 0.15) is 0 Å². The van der Waals surface area contributed by atoms with E-state index in [0.29, 0.717) is 12.6 Å². The van der Waals surface area contributed by atoms with Gasteiger partial charge in [-0.1, -0.05) is 20.3 Å². The SMILES string of the molecule is CCC1(CC)OC1CCCNC(=O)C1CCCC1C(N)=O. The zero-order valence-electron chi connectivity index (χ0n) is 13.2. The fraction of sp³-hybridized carbons (Fsp3) is 0.875. The summed E-state index contributed by atoms with van der Waals surface area (Å²) in [6.07, 6.45) is 6.83. The molecule has 120 valence electrons. The number of carbonyl (C=O) groups excluding carboxylic acids is 2. The van der Waals surface area contributed by atoms with Crippen molar-refractivity contribution in [1.82, 2.24) is 5.32 Å². The molecule has 1 aliphatic carbocycles. The molecule has 1 aliphatic heterocycles. The highest BCUT2D eigenvalue weighted by molar-refractivity contribution is 5.87. The van der Waals surface area contributed by atoms with Gasteiger partial charge in [-0.05, 0) is 38.5 Å². The van der Waals surface area contributed by atoms with E-state index in [-0.39, 0.29) is 29.3 Å². The summed E-state index contributed by atoms with van der Waals surface area (Å²) in [6, 6.07) is 0. The molecule has 2 rings (SSSR count). The highest BCUT2D eigenvalue weighted by Gasteiger charge is 2.52. The Kier molecular flexibility index (Phi) is 5.25. The van der Waals surface area contributed by atoms with Gasteiger partial charge in [0.2, 0.25) is 11.8 Å². The normalized spacial score (nSPS) is 30.1. The first-order valence-corrected chi connectivity index (χ1v) is 8.29. The first kappa shape index (κ1) is 16.3. The lowest BCUT2D eigenvalue weighted by atomic mass is 9.94. The summed E-state index contributed by atoms with van der Waals surface area (Å²) < 4.78 is 5.78. The molecule has 5 nitrogen and oxygen atoms in total. The molecule has 0 aromatic heterocycles. The van der Waals surface area contributed by atoms with Crippen LogP contribution in [0.2, 0.25) is 0 Å². The van der Waals surface area contributed by atoms with Crippen molar-refractivity contribution in [2.24, 2.45) is 17.6 Å². The Labute approximate surface area is 127 Å². The molecular weight excluding hydrogens is 268 g/mol. The smallest absolute Gasteiger partial charge is 0.223 e. The number of primary amides is 1. The third-order valence-corrected chi connectivity index (χ3v) is 5.26. The van der Waals surface area contributed by atoms with E-state index in [9.17, 15) is 9.59 Å². The summed E-state index contributed by atoms with van der Waals surface area (Å²) in [5, 5.41) is 2.95. The van der Waals surface area contributed by atoms with Gasteiger partial charge in [0, 0.05) is 18.4 Å². The van der Waals surface area contributed by atoms with E-state index in [0.717, 1.165) is 44.9 Å². The van der Waals surface area contributed by atoms with Gasteiger partial charge in [-0.15, -0.1) is 0 Å². The van der Waals surface area contributed by atoms with Crippen LogP contribution in [0, 0.1) is 11.8 Å². The lowest BCUT2D eigenvalue weighted by Gasteiger charge is -2.16. The van der Waals surface area contributed by atoms with Crippen LogP contribution in [0.5, 0.6) is 0 Å². The third kappa shape index (κ3) is 3.57. The highest BCUT2D eigenvalue weighted by Crippen LogP contribution is 2.44. The molecule has 0 aromatic rings. The summed E-state index contributed by atoms with van der Waals surface area (Å²) in [7, 11) is 0. The van der Waals surface area contributed by atoms with Crippen molar-refractivity contribution >= 4 is 11.8 Å². The summed E-state index contributed by atoms with van der Waals surface area (Å²) in [4.78, 5) is 23.4. The summed E-state index contributed by atoms with van der Waals surface area (Å²) in [5.74, 6) is -0.838. The second kappa shape index (κ2) is 6.77. The Morgan fingerprint density at radius 3 is 2.48 bits per heavy atom. The Hall–Kier alpha value is -1.10. The Morgan fingerprint density at radius 1 is 1.24 bits per heavy atom. The maximum Gasteiger partial charge on any atom is 0.223 e. The Balaban J connectivity index is 1.65. The van der Waals surface area contributed by atoms with Gasteiger partial charge in [0.05, 0.1) is 11.7 Å². The fourth-order valence-electron chi connectivity index (χ4n) is 3.69. The van der Waals surface area contributed by atoms with Crippen molar-refractivity contribution in [3.05, 3.63) is 0 Å². The second-order valence-corrected chi connectivity index (χ2v) is 6.36. The molecule has 3 unspecified atom stereocenters. The van der Waals surface area contributed by atoms with Crippen LogP contribution in [0.3, 0.4) is 0 Å². The van der Waals surface area contributed by atoms with Crippen LogP contribution in [-0.4, -0.2) is 30.1 Å². The van der Waals surface area contributed by atoms with Gasteiger partial charge in [-0.25, -0.2) is 0 Å². The number of nitrogens with two attached hydrogens (primary N) is 1. The van der Waals surface area contributed by atoms with E-state index in [1.54, 1.807) is 0 Å². The zero-order valence-corrected chi connectivity index (χ0v) is 13.2. The quantitative estimate of drug-likeness (QED) is 0.528. The number of hydrogen-bond acceptors (Lipinski definition) is 3. The number of epoxide rings is 1. The maximum absolute atomic E-state index is 12.1. The topological polar surface area (TPSA) is 84.7 Å². The maximum atomic E-state index is 12.1. The van der Waals surface area contributed by atoms with Crippen molar-refractivity contribution in [2.45, 2.75) is 70.5 Å². The van der Waals surface area contributed by atoms with Gasteiger partial charge >= 0.3 is 0 Å².